The highest BCUT2D eigenvalue weighted by Crippen LogP contribution is 2.49. The van der Waals surface area contributed by atoms with Crippen molar-refractivity contribution < 1.29 is 9.59 Å². The molecule has 1 aliphatic heterocycles. The van der Waals surface area contributed by atoms with Gasteiger partial charge in [-0.25, -0.2) is 0 Å². The Bertz CT molecular complexity index is 1250. The highest BCUT2D eigenvalue weighted by Gasteiger charge is 2.45. The van der Waals surface area contributed by atoms with Crippen molar-refractivity contribution in [3.8, 4) is 0 Å². The quantitative estimate of drug-likeness (QED) is 0.279. The molecule has 2 aromatic heterocycles. The number of Topliss-reactive ketones (excluding diaryl/α,β-unsaturated/α-hetero) is 1. The number of nitrogens with zero attached hydrogens (tertiary/aromatic N) is 3. The summed E-state index contributed by atoms with van der Waals surface area (Å²) >= 11 is 10.8. The summed E-state index contributed by atoms with van der Waals surface area (Å²) in [6.07, 6.45) is 1.42. The van der Waals surface area contributed by atoms with Crippen LogP contribution in [0.15, 0.2) is 57.4 Å². The first-order valence-corrected chi connectivity index (χ1v) is 13.7. The Kier molecular flexibility index (Phi) is 6.20. The lowest BCUT2D eigenvalue weighted by molar-refractivity contribution is -0.120. The molecule has 1 aliphatic carbocycles. The van der Waals surface area contributed by atoms with Crippen molar-refractivity contribution in [2.45, 2.75) is 49.1 Å². The molecule has 2 aliphatic rings. The molecule has 1 unspecified atom stereocenters. The summed E-state index contributed by atoms with van der Waals surface area (Å²) in [7, 11) is 0. The fourth-order valence-electron chi connectivity index (χ4n) is 4.48. The van der Waals surface area contributed by atoms with Gasteiger partial charge in [-0.15, -0.1) is 21.5 Å². The third-order valence-corrected chi connectivity index (χ3v) is 9.37. The van der Waals surface area contributed by atoms with Gasteiger partial charge < -0.3 is 0 Å². The van der Waals surface area contributed by atoms with E-state index in [2.05, 4.69) is 24.0 Å². The summed E-state index contributed by atoms with van der Waals surface area (Å²) in [6.45, 7) is 4.16. The summed E-state index contributed by atoms with van der Waals surface area (Å²) < 4.78 is 0.765. The molecule has 0 fully saturated rings. The van der Waals surface area contributed by atoms with Gasteiger partial charge in [0.25, 0.3) is 0 Å². The van der Waals surface area contributed by atoms with Crippen molar-refractivity contribution in [1.29, 1.82) is 0 Å². The number of carbonyl (C=O) groups is 2. The predicted molar refractivity (Wildman–Crippen MR) is 135 cm³/mol. The van der Waals surface area contributed by atoms with E-state index in [1.807, 2.05) is 41.8 Å². The van der Waals surface area contributed by atoms with Gasteiger partial charge in [0.05, 0.1) is 0 Å². The number of allylic oxidation sites excluding steroid dienone is 2. The summed E-state index contributed by atoms with van der Waals surface area (Å²) in [6, 6.07) is 11.7. The van der Waals surface area contributed by atoms with Crippen LogP contribution in [0.5, 0.6) is 0 Å². The lowest BCUT2D eigenvalue weighted by atomic mass is 9.70. The van der Waals surface area contributed by atoms with E-state index >= 15 is 0 Å². The molecule has 0 spiro atoms. The van der Waals surface area contributed by atoms with Crippen molar-refractivity contribution >= 4 is 62.9 Å². The predicted octanol–water partition coefficient (Wildman–Crippen LogP) is 6.71. The van der Waals surface area contributed by atoms with Gasteiger partial charge in [0.15, 0.2) is 10.1 Å². The molecule has 0 bridgehead atoms. The maximum Gasteiger partial charge on any atom is 0.234 e. The number of amides is 1. The molecule has 3 heterocycles. The van der Waals surface area contributed by atoms with E-state index in [4.69, 9.17) is 11.6 Å². The van der Waals surface area contributed by atoms with Crippen LogP contribution >= 0.6 is 46.0 Å². The van der Waals surface area contributed by atoms with Crippen molar-refractivity contribution in [2.75, 3.05) is 4.90 Å². The SMILES string of the molecule is CC1(C)CC(=O)C2=C(C1)N(c1nnc(SCc3ccccc3Cl)s1)C(=O)CC2c1cccs1. The van der Waals surface area contributed by atoms with Crippen molar-refractivity contribution in [3.63, 3.8) is 0 Å². The van der Waals surface area contributed by atoms with Crippen LogP contribution in [0, 0.1) is 5.41 Å². The average Bonchev–Trinajstić information content (AvgIpc) is 3.44. The van der Waals surface area contributed by atoms with Crippen LogP contribution < -0.4 is 4.90 Å². The van der Waals surface area contributed by atoms with E-state index in [0.717, 1.165) is 31.1 Å². The first-order chi connectivity index (χ1) is 15.8. The van der Waals surface area contributed by atoms with Crippen molar-refractivity contribution in [1.82, 2.24) is 10.2 Å². The number of hydrogen-bond acceptors (Lipinski definition) is 7. The van der Waals surface area contributed by atoms with Crippen LogP contribution in [0.3, 0.4) is 0 Å². The molecule has 0 saturated heterocycles. The van der Waals surface area contributed by atoms with E-state index in [-0.39, 0.29) is 29.4 Å². The molecule has 0 N–H and O–H groups in total. The number of rotatable bonds is 5. The Morgan fingerprint density at radius 1 is 1.15 bits per heavy atom. The number of halogens is 1. The molecular weight excluding hydrogens is 494 g/mol. The van der Waals surface area contributed by atoms with Crippen LogP contribution in [0.1, 0.15) is 49.5 Å². The Labute approximate surface area is 209 Å². The fourth-order valence-corrected chi connectivity index (χ4v) is 7.48. The zero-order chi connectivity index (χ0) is 23.2. The Hall–Kier alpha value is -2.00. The zero-order valence-electron chi connectivity index (χ0n) is 18.2. The third kappa shape index (κ3) is 4.54. The van der Waals surface area contributed by atoms with Gasteiger partial charge in [0.2, 0.25) is 11.0 Å². The fraction of sp³-hybridized carbons (Fsp3) is 0.333. The van der Waals surface area contributed by atoms with E-state index in [1.54, 1.807) is 28.0 Å². The Morgan fingerprint density at radius 2 is 1.97 bits per heavy atom. The first-order valence-electron chi connectivity index (χ1n) is 10.6. The second-order valence-electron chi connectivity index (χ2n) is 9.03. The molecule has 0 radical (unpaired) electrons. The van der Waals surface area contributed by atoms with Gasteiger partial charge in [-0.1, -0.05) is 72.8 Å². The first kappa shape index (κ1) is 22.8. The number of aromatic nitrogens is 2. The number of benzene rings is 1. The Balaban J connectivity index is 1.48. The maximum absolute atomic E-state index is 13.4. The number of hydrogen-bond donors (Lipinski definition) is 0. The normalized spacial score (nSPS) is 20.3. The molecule has 0 saturated carbocycles. The van der Waals surface area contributed by atoms with Gasteiger partial charge in [-0.3, -0.25) is 14.5 Å². The number of ketones is 1. The lowest BCUT2D eigenvalue weighted by Gasteiger charge is -2.41. The molecule has 1 aromatic carbocycles. The monoisotopic (exact) mass is 515 g/mol. The summed E-state index contributed by atoms with van der Waals surface area (Å²) in [5.41, 5.74) is 2.39. The molecule has 9 heteroatoms. The van der Waals surface area contributed by atoms with Gasteiger partial charge in [0, 0.05) is 45.7 Å². The number of anilines is 1. The average molecular weight is 516 g/mol. The standard InChI is InChI=1S/C24H22ClN3O2S3/c1-24(2)11-17-21(18(29)12-24)15(19-8-5-9-31-19)10-20(30)28(17)22-26-27-23(33-22)32-13-14-6-3-4-7-16(14)25/h3-9,15H,10-13H2,1-2H3. The molecule has 1 atom stereocenters. The van der Waals surface area contributed by atoms with Crippen LogP contribution in [0.25, 0.3) is 0 Å². The van der Waals surface area contributed by atoms with Crippen LogP contribution in [0.4, 0.5) is 5.13 Å². The van der Waals surface area contributed by atoms with Gasteiger partial charge in [-0.05, 0) is 34.9 Å². The summed E-state index contributed by atoms with van der Waals surface area (Å²) in [5.74, 6) is 0.600. The van der Waals surface area contributed by atoms with Gasteiger partial charge in [-0.2, -0.15) is 0 Å². The highest BCUT2D eigenvalue weighted by atomic mass is 35.5. The van der Waals surface area contributed by atoms with Crippen LogP contribution in [0.2, 0.25) is 5.02 Å². The molecule has 5 nitrogen and oxygen atoms in total. The Morgan fingerprint density at radius 3 is 2.73 bits per heavy atom. The van der Waals surface area contributed by atoms with Crippen molar-refractivity contribution in [3.05, 3.63) is 68.5 Å². The molecular formula is C24H22ClN3O2S3. The van der Waals surface area contributed by atoms with Gasteiger partial charge in [0.1, 0.15) is 0 Å². The minimum atomic E-state index is -0.210. The zero-order valence-corrected chi connectivity index (χ0v) is 21.4. The second kappa shape index (κ2) is 8.98. The molecule has 5 rings (SSSR count). The van der Waals surface area contributed by atoms with Crippen LogP contribution in [-0.2, 0) is 15.3 Å². The highest BCUT2D eigenvalue weighted by molar-refractivity contribution is 8.00. The van der Waals surface area contributed by atoms with Crippen LogP contribution in [-0.4, -0.2) is 21.9 Å². The van der Waals surface area contributed by atoms with E-state index in [9.17, 15) is 9.59 Å². The smallest absolute Gasteiger partial charge is 0.234 e. The molecule has 3 aromatic rings. The summed E-state index contributed by atoms with van der Waals surface area (Å²) in [4.78, 5) is 29.4. The van der Waals surface area contributed by atoms with E-state index in [1.165, 1.54) is 11.3 Å². The van der Waals surface area contributed by atoms with E-state index < -0.39 is 0 Å². The number of carbonyl (C=O) groups excluding carboxylic acids is 2. The summed E-state index contributed by atoms with van der Waals surface area (Å²) in [5, 5.41) is 11.9. The third-order valence-electron chi connectivity index (χ3n) is 5.93. The minimum Gasteiger partial charge on any atom is -0.294 e. The van der Waals surface area contributed by atoms with Gasteiger partial charge >= 0.3 is 0 Å². The lowest BCUT2D eigenvalue weighted by Crippen LogP contribution is -2.43. The number of thioether (sulfide) groups is 1. The molecule has 1 amide bonds. The minimum absolute atomic E-state index is 0.0311. The number of thiophene rings is 1. The molecule has 33 heavy (non-hydrogen) atoms. The second-order valence-corrected chi connectivity index (χ2v) is 12.6. The maximum atomic E-state index is 13.4. The van der Waals surface area contributed by atoms with E-state index in [0.29, 0.717) is 23.7 Å². The van der Waals surface area contributed by atoms with Crippen molar-refractivity contribution in [2.24, 2.45) is 5.41 Å². The topological polar surface area (TPSA) is 63.2 Å². The molecule has 170 valence electrons. The largest absolute Gasteiger partial charge is 0.294 e.